The van der Waals surface area contributed by atoms with Gasteiger partial charge in [-0.25, -0.2) is 4.98 Å². The van der Waals surface area contributed by atoms with Crippen molar-refractivity contribution in [1.82, 2.24) is 9.55 Å². The fourth-order valence-electron chi connectivity index (χ4n) is 3.94. The summed E-state index contributed by atoms with van der Waals surface area (Å²) in [6.45, 7) is 4.12. The van der Waals surface area contributed by atoms with Gasteiger partial charge in [-0.3, -0.25) is 9.36 Å². The number of aromatic nitrogens is 2. The van der Waals surface area contributed by atoms with Gasteiger partial charge in [0.15, 0.2) is 0 Å². The summed E-state index contributed by atoms with van der Waals surface area (Å²) >= 11 is 6.13. The number of imidazole rings is 1. The summed E-state index contributed by atoms with van der Waals surface area (Å²) < 4.78 is 7.39. The Labute approximate surface area is 182 Å². The van der Waals surface area contributed by atoms with E-state index in [-0.39, 0.29) is 12.4 Å². The maximum absolute atomic E-state index is 12.5. The Balaban J connectivity index is 1.84. The number of benzene rings is 2. The van der Waals surface area contributed by atoms with Gasteiger partial charge in [0.1, 0.15) is 0 Å². The molecule has 1 aliphatic rings. The summed E-state index contributed by atoms with van der Waals surface area (Å²) in [5.41, 5.74) is 3.90. The van der Waals surface area contributed by atoms with Crippen LogP contribution < -0.4 is 4.90 Å². The van der Waals surface area contributed by atoms with E-state index in [1.54, 1.807) is 0 Å². The highest BCUT2D eigenvalue weighted by Gasteiger charge is 2.26. The van der Waals surface area contributed by atoms with Crippen molar-refractivity contribution in [2.75, 3.05) is 24.6 Å². The first kappa shape index (κ1) is 20.5. The second-order valence-electron chi connectivity index (χ2n) is 7.46. The van der Waals surface area contributed by atoms with Gasteiger partial charge >= 0.3 is 5.97 Å². The van der Waals surface area contributed by atoms with Crippen molar-refractivity contribution in [3.05, 3.63) is 76.6 Å². The van der Waals surface area contributed by atoms with Gasteiger partial charge in [-0.05, 0) is 49.6 Å². The topological polar surface area (TPSA) is 47.4 Å². The molecule has 0 N–H and O–H groups in total. The van der Waals surface area contributed by atoms with E-state index in [1.807, 2.05) is 49.4 Å². The summed E-state index contributed by atoms with van der Waals surface area (Å²) in [7, 11) is 0. The van der Waals surface area contributed by atoms with Crippen molar-refractivity contribution in [2.24, 2.45) is 0 Å². The monoisotopic (exact) mass is 423 g/mol. The summed E-state index contributed by atoms with van der Waals surface area (Å²) in [5.74, 6) is 0.648. The van der Waals surface area contributed by atoms with Gasteiger partial charge in [0.05, 0.1) is 24.4 Å². The lowest BCUT2D eigenvalue weighted by atomic mass is 10.1. The van der Waals surface area contributed by atoms with E-state index >= 15 is 0 Å². The van der Waals surface area contributed by atoms with Crippen LogP contribution in [0.15, 0.2) is 54.6 Å². The zero-order valence-corrected chi connectivity index (χ0v) is 17.9. The molecule has 0 spiro atoms. The van der Waals surface area contributed by atoms with Crippen LogP contribution in [0.3, 0.4) is 0 Å². The molecule has 1 aromatic heterocycles. The number of halogens is 1. The molecule has 6 heteroatoms. The molecule has 4 rings (SSSR count). The molecule has 5 nitrogen and oxygen atoms in total. The van der Waals surface area contributed by atoms with E-state index in [4.69, 9.17) is 21.3 Å². The Bertz CT molecular complexity index is 993. The molecule has 30 heavy (non-hydrogen) atoms. The van der Waals surface area contributed by atoms with Crippen molar-refractivity contribution >= 4 is 23.5 Å². The number of rotatable bonds is 7. The minimum Gasteiger partial charge on any atom is -0.466 e. The largest absolute Gasteiger partial charge is 0.466 e. The molecule has 0 bridgehead atoms. The minimum atomic E-state index is -0.241. The van der Waals surface area contributed by atoms with Gasteiger partial charge in [-0.1, -0.05) is 41.9 Å². The van der Waals surface area contributed by atoms with Crippen molar-refractivity contribution in [2.45, 2.75) is 32.6 Å². The molecule has 0 atom stereocenters. The van der Waals surface area contributed by atoms with E-state index in [1.165, 1.54) is 0 Å². The number of esters is 1. The number of hydrogen-bond donors (Lipinski definition) is 0. The Morgan fingerprint density at radius 1 is 1.07 bits per heavy atom. The van der Waals surface area contributed by atoms with Crippen molar-refractivity contribution in [1.29, 1.82) is 0 Å². The Hall–Kier alpha value is -2.79. The lowest BCUT2D eigenvalue weighted by molar-refractivity contribution is -0.142. The maximum Gasteiger partial charge on any atom is 0.311 e. The van der Waals surface area contributed by atoms with Gasteiger partial charge in [0, 0.05) is 30.2 Å². The predicted molar refractivity (Wildman–Crippen MR) is 120 cm³/mol. The smallest absolute Gasteiger partial charge is 0.311 e. The zero-order valence-electron chi connectivity index (χ0n) is 17.2. The van der Waals surface area contributed by atoms with Crippen LogP contribution in [0.1, 0.15) is 36.7 Å². The van der Waals surface area contributed by atoms with Gasteiger partial charge in [-0.15, -0.1) is 0 Å². The SMILES string of the molecule is CCOC(=O)Cc1c(Cc2ccccc2)nc(N2CCCC2)n1-c1ccc(Cl)cc1. The summed E-state index contributed by atoms with van der Waals surface area (Å²) in [6, 6.07) is 17.9. The average molecular weight is 424 g/mol. The second kappa shape index (κ2) is 9.35. The fourth-order valence-corrected chi connectivity index (χ4v) is 4.06. The first-order chi connectivity index (χ1) is 14.7. The standard InChI is InChI=1S/C24H26ClN3O2/c1-2-30-23(29)17-22-21(16-18-8-4-3-5-9-18)26-24(27-14-6-7-15-27)28(22)20-12-10-19(25)11-13-20/h3-5,8-13H,2,6-7,14-17H2,1H3. The van der Waals surface area contributed by atoms with Crippen LogP contribution in [-0.4, -0.2) is 35.2 Å². The van der Waals surface area contributed by atoms with Crippen LogP contribution in [0.25, 0.3) is 5.69 Å². The molecule has 156 valence electrons. The van der Waals surface area contributed by atoms with Gasteiger partial charge < -0.3 is 9.64 Å². The molecule has 1 saturated heterocycles. The molecular formula is C24H26ClN3O2. The lowest BCUT2D eigenvalue weighted by Crippen LogP contribution is -2.22. The third kappa shape index (κ3) is 4.51. The molecule has 3 aromatic rings. The highest BCUT2D eigenvalue weighted by Crippen LogP contribution is 2.30. The van der Waals surface area contributed by atoms with Crippen LogP contribution in [-0.2, 0) is 22.4 Å². The molecule has 2 aromatic carbocycles. The lowest BCUT2D eigenvalue weighted by Gasteiger charge is -2.20. The Morgan fingerprint density at radius 2 is 1.77 bits per heavy atom. The first-order valence-electron chi connectivity index (χ1n) is 10.5. The van der Waals surface area contributed by atoms with Gasteiger partial charge in [-0.2, -0.15) is 0 Å². The Kier molecular flexibility index (Phi) is 6.38. The molecule has 1 fully saturated rings. The average Bonchev–Trinajstić information content (AvgIpc) is 3.39. The van der Waals surface area contributed by atoms with E-state index in [0.717, 1.165) is 54.5 Å². The van der Waals surface area contributed by atoms with Crippen LogP contribution in [0.5, 0.6) is 0 Å². The normalized spacial score (nSPS) is 13.6. The first-order valence-corrected chi connectivity index (χ1v) is 10.8. The summed E-state index contributed by atoms with van der Waals surface area (Å²) in [5, 5.41) is 0.679. The minimum absolute atomic E-state index is 0.180. The third-order valence-corrected chi connectivity index (χ3v) is 5.60. The molecule has 0 aliphatic carbocycles. The number of ether oxygens (including phenoxy) is 1. The third-order valence-electron chi connectivity index (χ3n) is 5.34. The van der Waals surface area contributed by atoms with Crippen LogP contribution in [0.2, 0.25) is 5.02 Å². The van der Waals surface area contributed by atoms with Crippen molar-refractivity contribution in [3.63, 3.8) is 0 Å². The Morgan fingerprint density at radius 3 is 2.43 bits per heavy atom. The number of carbonyl (C=O) groups is 1. The number of nitrogens with zero attached hydrogens (tertiary/aromatic N) is 3. The van der Waals surface area contributed by atoms with E-state index < -0.39 is 0 Å². The summed E-state index contributed by atoms with van der Waals surface area (Å²) in [4.78, 5) is 19.8. The molecule has 1 aliphatic heterocycles. The van der Waals surface area contributed by atoms with E-state index in [0.29, 0.717) is 18.1 Å². The number of carbonyl (C=O) groups excluding carboxylic acids is 1. The quantitative estimate of drug-likeness (QED) is 0.511. The second-order valence-corrected chi connectivity index (χ2v) is 7.89. The van der Waals surface area contributed by atoms with E-state index in [9.17, 15) is 4.79 Å². The van der Waals surface area contributed by atoms with Crippen LogP contribution >= 0.6 is 11.6 Å². The molecule has 0 unspecified atom stereocenters. The predicted octanol–water partition coefficient (Wildman–Crippen LogP) is 4.82. The summed E-state index contributed by atoms with van der Waals surface area (Å²) in [6.07, 6.45) is 3.14. The van der Waals surface area contributed by atoms with E-state index in [2.05, 4.69) is 21.6 Å². The van der Waals surface area contributed by atoms with Gasteiger partial charge in [0.2, 0.25) is 5.95 Å². The number of anilines is 1. The molecular weight excluding hydrogens is 398 g/mol. The molecule has 2 heterocycles. The highest BCUT2D eigenvalue weighted by atomic mass is 35.5. The molecule has 0 radical (unpaired) electrons. The zero-order chi connectivity index (χ0) is 20.9. The van der Waals surface area contributed by atoms with Gasteiger partial charge in [0.25, 0.3) is 0 Å². The van der Waals surface area contributed by atoms with Crippen LogP contribution in [0, 0.1) is 0 Å². The highest BCUT2D eigenvalue weighted by molar-refractivity contribution is 6.30. The van der Waals surface area contributed by atoms with Crippen LogP contribution in [0.4, 0.5) is 5.95 Å². The van der Waals surface area contributed by atoms with Crippen molar-refractivity contribution < 1.29 is 9.53 Å². The maximum atomic E-state index is 12.5. The fraction of sp³-hybridized carbons (Fsp3) is 0.333. The molecule has 0 saturated carbocycles. The number of hydrogen-bond acceptors (Lipinski definition) is 4. The molecule has 0 amide bonds. The van der Waals surface area contributed by atoms with Crippen molar-refractivity contribution in [3.8, 4) is 5.69 Å².